The molecule has 3 aliphatic rings. The smallest absolute Gasteiger partial charge is 0.319 e. The molecule has 5 heterocycles. The number of fused-ring (bicyclic) bond motifs is 3. The summed E-state index contributed by atoms with van der Waals surface area (Å²) < 4.78 is 5.85. The second-order valence-corrected chi connectivity index (χ2v) is 9.08. The van der Waals surface area contributed by atoms with Crippen molar-refractivity contribution in [3.8, 4) is 11.4 Å². The van der Waals surface area contributed by atoms with Gasteiger partial charge in [-0.2, -0.15) is 0 Å². The third kappa shape index (κ3) is 4.25. The molecule has 1 aromatic carbocycles. The number of nitrogens with zero attached hydrogens (tertiary/aromatic N) is 6. The lowest BCUT2D eigenvalue weighted by Crippen LogP contribution is -2.40. The fourth-order valence-corrected chi connectivity index (χ4v) is 5.10. The number of hydrogen-bond donors (Lipinski definition) is 2. The average Bonchev–Trinajstić information content (AvgIpc) is 3.53. The molecule has 180 valence electrons. The number of urea groups is 1. The van der Waals surface area contributed by atoms with Gasteiger partial charge in [0, 0.05) is 48.8 Å². The second-order valence-electron chi connectivity index (χ2n) is 9.08. The Morgan fingerprint density at radius 3 is 2.71 bits per heavy atom. The molecular formula is C25H28N8O2. The Kier molecular flexibility index (Phi) is 5.65. The summed E-state index contributed by atoms with van der Waals surface area (Å²) in [6.45, 7) is 5.54. The molecule has 2 atom stereocenters. The van der Waals surface area contributed by atoms with Crippen LogP contribution in [0.5, 0.6) is 0 Å². The minimum absolute atomic E-state index is 0.220. The zero-order valence-corrected chi connectivity index (χ0v) is 19.6. The van der Waals surface area contributed by atoms with E-state index in [4.69, 9.17) is 14.7 Å². The quantitative estimate of drug-likeness (QED) is 0.583. The van der Waals surface area contributed by atoms with Crippen molar-refractivity contribution in [3.63, 3.8) is 0 Å². The van der Waals surface area contributed by atoms with E-state index in [1.165, 1.54) is 5.56 Å². The summed E-state index contributed by atoms with van der Waals surface area (Å²) >= 11 is 0. The van der Waals surface area contributed by atoms with Crippen molar-refractivity contribution in [1.29, 1.82) is 0 Å². The normalized spacial score (nSPS) is 20.6. The molecule has 35 heavy (non-hydrogen) atoms. The van der Waals surface area contributed by atoms with Gasteiger partial charge in [-0.3, -0.25) is 0 Å². The van der Waals surface area contributed by atoms with Gasteiger partial charge < -0.3 is 25.2 Å². The first kappa shape index (κ1) is 21.7. The van der Waals surface area contributed by atoms with Crippen LogP contribution >= 0.6 is 0 Å². The SMILES string of the molecule is CCNC(=O)Nc1ccc(-c2nc3c(c(N4C[C@@H]5C[C@H]4CO5)n2)CCN(c2ncccn2)C3)cc1. The zero-order valence-electron chi connectivity index (χ0n) is 19.6. The summed E-state index contributed by atoms with van der Waals surface area (Å²) in [4.78, 5) is 35.4. The van der Waals surface area contributed by atoms with Gasteiger partial charge in [0.2, 0.25) is 5.95 Å². The molecule has 2 amide bonds. The number of aromatic nitrogens is 4. The molecule has 0 aliphatic carbocycles. The maximum Gasteiger partial charge on any atom is 0.319 e. The van der Waals surface area contributed by atoms with Crippen LogP contribution in [0.2, 0.25) is 0 Å². The summed E-state index contributed by atoms with van der Waals surface area (Å²) in [5.41, 5.74) is 3.85. The Morgan fingerprint density at radius 2 is 2.00 bits per heavy atom. The minimum atomic E-state index is -0.220. The summed E-state index contributed by atoms with van der Waals surface area (Å²) in [6.07, 6.45) is 5.72. The van der Waals surface area contributed by atoms with Gasteiger partial charge >= 0.3 is 6.03 Å². The van der Waals surface area contributed by atoms with Crippen molar-refractivity contribution >= 4 is 23.5 Å². The monoisotopic (exact) mass is 472 g/mol. The molecule has 2 bridgehead atoms. The van der Waals surface area contributed by atoms with E-state index in [9.17, 15) is 4.79 Å². The standard InChI is InChI=1S/C25H28N8O2/c1-2-26-25(34)29-17-6-4-16(5-7-17)22-30-21-14-32(24-27-9-3-10-28-24)11-8-20(21)23(31-22)33-13-19-12-18(33)15-35-19/h3-7,9-10,18-19H,2,8,11-15H2,1H3,(H2,26,29,34)/t18-,19-/m0/s1. The van der Waals surface area contributed by atoms with E-state index in [-0.39, 0.29) is 12.1 Å². The Balaban J connectivity index is 1.34. The number of carbonyl (C=O) groups is 1. The molecule has 2 saturated heterocycles. The van der Waals surface area contributed by atoms with E-state index in [1.807, 2.05) is 37.3 Å². The summed E-state index contributed by atoms with van der Waals surface area (Å²) in [5, 5.41) is 5.57. The van der Waals surface area contributed by atoms with Crippen molar-refractivity contribution in [1.82, 2.24) is 25.3 Å². The minimum Gasteiger partial charge on any atom is -0.374 e. The number of ether oxygens (including phenoxy) is 1. The van der Waals surface area contributed by atoms with Gasteiger partial charge in [0.25, 0.3) is 0 Å². The highest BCUT2D eigenvalue weighted by molar-refractivity contribution is 5.89. The van der Waals surface area contributed by atoms with E-state index in [0.29, 0.717) is 30.9 Å². The van der Waals surface area contributed by atoms with Crippen LogP contribution in [0.25, 0.3) is 11.4 Å². The molecule has 0 radical (unpaired) electrons. The third-order valence-corrected chi connectivity index (χ3v) is 6.79. The fourth-order valence-electron chi connectivity index (χ4n) is 5.10. The van der Waals surface area contributed by atoms with Gasteiger partial charge in [-0.25, -0.2) is 24.7 Å². The van der Waals surface area contributed by atoms with E-state index >= 15 is 0 Å². The zero-order chi connectivity index (χ0) is 23.8. The van der Waals surface area contributed by atoms with Crippen molar-refractivity contribution < 1.29 is 9.53 Å². The molecule has 2 N–H and O–H groups in total. The molecule has 10 nitrogen and oxygen atoms in total. The molecule has 2 fully saturated rings. The lowest BCUT2D eigenvalue weighted by atomic mass is 10.0. The van der Waals surface area contributed by atoms with Crippen LogP contribution < -0.4 is 20.4 Å². The molecule has 10 heteroatoms. The van der Waals surface area contributed by atoms with Crippen LogP contribution in [-0.4, -0.2) is 64.4 Å². The van der Waals surface area contributed by atoms with Crippen LogP contribution in [0.3, 0.4) is 0 Å². The number of amides is 2. The number of rotatable bonds is 5. The van der Waals surface area contributed by atoms with E-state index in [0.717, 1.165) is 55.3 Å². The van der Waals surface area contributed by atoms with Crippen LogP contribution in [0.1, 0.15) is 24.6 Å². The van der Waals surface area contributed by atoms with E-state index in [1.54, 1.807) is 12.4 Å². The molecule has 0 unspecified atom stereocenters. The lowest BCUT2D eigenvalue weighted by molar-refractivity contribution is 0.0988. The Morgan fingerprint density at radius 1 is 1.17 bits per heavy atom. The van der Waals surface area contributed by atoms with Crippen LogP contribution in [0.15, 0.2) is 42.7 Å². The lowest BCUT2D eigenvalue weighted by Gasteiger charge is -2.34. The predicted octanol–water partition coefficient (Wildman–Crippen LogP) is 2.62. The average molecular weight is 473 g/mol. The predicted molar refractivity (Wildman–Crippen MR) is 132 cm³/mol. The Bertz CT molecular complexity index is 1220. The number of anilines is 3. The van der Waals surface area contributed by atoms with Crippen molar-refractivity contribution in [2.45, 2.75) is 38.5 Å². The first-order valence-electron chi connectivity index (χ1n) is 12.1. The van der Waals surface area contributed by atoms with Gasteiger partial charge in [0.05, 0.1) is 31.0 Å². The van der Waals surface area contributed by atoms with Crippen molar-refractivity contribution in [2.75, 3.05) is 41.4 Å². The summed E-state index contributed by atoms with van der Waals surface area (Å²) in [5.74, 6) is 2.43. The Labute approximate surface area is 203 Å². The van der Waals surface area contributed by atoms with E-state index in [2.05, 4.69) is 30.4 Å². The molecule has 0 spiro atoms. The van der Waals surface area contributed by atoms with Gasteiger partial charge in [0.15, 0.2) is 5.82 Å². The fraction of sp³-hybridized carbons (Fsp3) is 0.400. The number of benzene rings is 1. The highest BCUT2D eigenvalue weighted by Crippen LogP contribution is 2.37. The Hall–Kier alpha value is -3.79. The summed E-state index contributed by atoms with van der Waals surface area (Å²) in [6, 6.07) is 9.63. The maximum absolute atomic E-state index is 11.9. The van der Waals surface area contributed by atoms with E-state index < -0.39 is 0 Å². The van der Waals surface area contributed by atoms with Gasteiger partial charge in [-0.05, 0) is 50.1 Å². The highest BCUT2D eigenvalue weighted by Gasteiger charge is 2.41. The van der Waals surface area contributed by atoms with Gasteiger partial charge in [-0.15, -0.1) is 0 Å². The van der Waals surface area contributed by atoms with Crippen molar-refractivity contribution in [2.24, 2.45) is 0 Å². The summed E-state index contributed by atoms with van der Waals surface area (Å²) in [7, 11) is 0. The van der Waals surface area contributed by atoms with Gasteiger partial charge in [0.1, 0.15) is 5.82 Å². The molecule has 3 aliphatic heterocycles. The second kappa shape index (κ2) is 9.10. The molecule has 6 rings (SSSR count). The number of nitrogens with one attached hydrogen (secondary N) is 2. The molecule has 3 aromatic rings. The molecular weight excluding hydrogens is 444 g/mol. The highest BCUT2D eigenvalue weighted by atomic mass is 16.5. The van der Waals surface area contributed by atoms with Gasteiger partial charge in [-0.1, -0.05) is 0 Å². The topological polar surface area (TPSA) is 108 Å². The van der Waals surface area contributed by atoms with Crippen LogP contribution in [0, 0.1) is 0 Å². The maximum atomic E-state index is 11.9. The van der Waals surface area contributed by atoms with Crippen molar-refractivity contribution in [3.05, 3.63) is 54.0 Å². The first-order chi connectivity index (χ1) is 17.2. The largest absolute Gasteiger partial charge is 0.374 e. The first-order valence-corrected chi connectivity index (χ1v) is 12.1. The van der Waals surface area contributed by atoms with Crippen LogP contribution in [0.4, 0.5) is 22.2 Å². The number of carbonyl (C=O) groups excluding carboxylic acids is 1. The number of hydrogen-bond acceptors (Lipinski definition) is 8. The molecule has 2 aromatic heterocycles. The molecule has 0 saturated carbocycles. The third-order valence-electron chi connectivity index (χ3n) is 6.79. The number of morpholine rings is 1. The van der Waals surface area contributed by atoms with Crippen LogP contribution in [-0.2, 0) is 17.7 Å².